The van der Waals surface area contributed by atoms with E-state index < -0.39 is 0 Å². The third-order valence-corrected chi connectivity index (χ3v) is 5.54. The van der Waals surface area contributed by atoms with Gasteiger partial charge in [0.2, 0.25) is 0 Å². The Bertz CT molecular complexity index is 752. The van der Waals surface area contributed by atoms with Gasteiger partial charge in [0.05, 0.1) is 12.7 Å². The summed E-state index contributed by atoms with van der Waals surface area (Å²) < 4.78 is 5.64. The van der Waals surface area contributed by atoms with Crippen LogP contribution in [0, 0.1) is 0 Å². The highest BCUT2D eigenvalue weighted by molar-refractivity contribution is 5.98. The number of rotatable bonds is 2. The number of benzene rings is 2. The first-order chi connectivity index (χ1) is 12.2. The van der Waals surface area contributed by atoms with E-state index in [4.69, 9.17) is 4.74 Å². The minimum Gasteiger partial charge on any atom is -0.376 e. The van der Waals surface area contributed by atoms with Gasteiger partial charge in [0.15, 0.2) is 0 Å². The number of fused-ring (bicyclic) bond motifs is 1. The summed E-state index contributed by atoms with van der Waals surface area (Å²) in [5.41, 5.74) is 0.803. The molecule has 1 amide bonds. The van der Waals surface area contributed by atoms with Gasteiger partial charge in [-0.25, -0.2) is 0 Å². The van der Waals surface area contributed by atoms with Crippen molar-refractivity contribution in [3.8, 4) is 0 Å². The normalized spacial score (nSPS) is 23.1. The molecule has 0 aliphatic carbocycles. The number of likely N-dealkylation sites (tertiary alicyclic amines) is 1. The molecular formula is C21H26N2O2. The Morgan fingerprint density at radius 2 is 1.80 bits per heavy atom. The molecule has 2 aliphatic rings. The summed E-state index contributed by atoms with van der Waals surface area (Å²) in [7, 11) is 0. The number of carbonyl (C=O) groups is 1. The van der Waals surface area contributed by atoms with Crippen molar-refractivity contribution in [2.45, 2.75) is 31.9 Å². The van der Waals surface area contributed by atoms with Crippen LogP contribution in [0.15, 0.2) is 42.5 Å². The second kappa shape index (κ2) is 7.14. The van der Waals surface area contributed by atoms with E-state index in [0.29, 0.717) is 12.1 Å². The van der Waals surface area contributed by atoms with Crippen LogP contribution in [0.5, 0.6) is 0 Å². The Labute approximate surface area is 149 Å². The molecule has 0 radical (unpaired) electrons. The molecule has 2 aromatic rings. The van der Waals surface area contributed by atoms with Gasteiger partial charge in [-0.3, -0.25) is 9.69 Å². The smallest absolute Gasteiger partial charge is 0.253 e. The third-order valence-electron chi connectivity index (χ3n) is 5.54. The van der Waals surface area contributed by atoms with Crippen molar-refractivity contribution >= 4 is 16.7 Å². The van der Waals surface area contributed by atoms with E-state index >= 15 is 0 Å². The standard InChI is InChI=1S/C21H26N2O2/c1-16-15-23(12-13-25-16)20-8-10-22(11-9-20)21(24)19-7-6-17-4-2-3-5-18(17)14-19/h2-7,14,16,20H,8-13,15H2,1H3/t16-/m1/s1. The van der Waals surface area contributed by atoms with Crippen molar-refractivity contribution in [2.24, 2.45) is 0 Å². The van der Waals surface area contributed by atoms with Gasteiger partial charge in [-0.15, -0.1) is 0 Å². The average Bonchev–Trinajstić information content (AvgIpc) is 2.67. The predicted molar refractivity (Wildman–Crippen MR) is 99.9 cm³/mol. The number of piperidine rings is 1. The first kappa shape index (κ1) is 16.6. The minimum absolute atomic E-state index is 0.166. The molecule has 25 heavy (non-hydrogen) atoms. The Morgan fingerprint density at radius 3 is 2.56 bits per heavy atom. The molecule has 2 aliphatic heterocycles. The van der Waals surface area contributed by atoms with Crippen molar-refractivity contribution in [1.82, 2.24) is 9.80 Å². The van der Waals surface area contributed by atoms with Gasteiger partial charge in [-0.2, -0.15) is 0 Å². The van der Waals surface area contributed by atoms with Gasteiger partial charge in [0, 0.05) is 37.8 Å². The molecule has 4 rings (SSSR count). The van der Waals surface area contributed by atoms with Gasteiger partial charge in [0.25, 0.3) is 5.91 Å². The summed E-state index contributed by atoms with van der Waals surface area (Å²) >= 11 is 0. The van der Waals surface area contributed by atoms with E-state index in [1.54, 1.807) is 0 Å². The molecule has 0 N–H and O–H groups in total. The topological polar surface area (TPSA) is 32.8 Å². The lowest BCUT2D eigenvalue weighted by atomic mass is 10.0. The molecule has 4 nitrogen and oxygen atoms in total. The molecule has 0 saturated carbocycles. The molecule has 0 unspecified atom stereocenters. The fraction of sp³-hybridized carbons (Fsp3) is 0.476. The van der Waals surface area contributed by atoms with Crippen molar-refractivity contribution in [3.63, 3.8) is 0 Å². The predicted octanol–water partition coefficient (Wildman–Crippen LogP) is 3.17. The summed E-state index contributed by atoms with van der Waals surface area (Å²) in [6.45, 7) is 6.71. The molecule has 2 fully saturated rings. The van der Waals surface area contributed by atoms with Gasteiger partial charge >= 0.3 is 0 Å². The van der Waals surface area contributed by atoms with Crippen LogP contribution in [-0.2, 0) is 4.74 Å². The van der Waals surface area contributed by atoms with Crippen LogP contribution in [0.3, 0.4) is 0 Å². The highest BCUT2D eigenvalue weighted by Gasteiger charge is 2.29. The fourth-order valence-electron chi connectivity index (χ4n) is 4.12. The monoisotopic (exact) mass is 338 g/mol. The van der Waals surface area contributed by atoms with Crippen molar-refractivity contribution < 1.29 is 9.53 Å². The zero-order chi connectivity index (χ0) is 17.2. The molecule has 2 aromatic carbocycles. The van der Waals surface area contributed by atoms with Crippen LogP contribution in [0.2, 0.25) is 0 Å². The third kappa shape index (κ3) is 3.55. The summed E-state index contributed by atoms with van der Waals surface area (Å²) in [4.78, 5) is 17.4. The molecule has 0 aromatic heterocycles. The number of amides is 1. The maximum Gasteiger partial charge on any atom is 0.253 e. The highest BCUT2D eigenvalue weighted by Crippen LogP contribution is 2.22. The number of nitrogens with zero attached hydrogens (tertiary/aromatic N) is 2. The lowest BCUT2D eigenvalue weighted by Gasteiger charge is -2.41. The number of morpholine rings is 1. The van der Waals surface area contributed by atoms with E-state index in [1.165, 1.54) is 5.39 Å². The number of hydrogen-bond acceptors (Lipinski definition) is 3. The Morgan fingerprint density at radius 1 is 1.04 bits per heavy atom. The molecule has 0 spiro atoms. The van der Waals surface area contributed by atoms with Crippen LogP contribution in [-0.4, -0.2) is 60.6 Å². The number of hydrogen-bond donors (Lipinski definition) is 0. The minimum atomic E-state index is 0.166. The Kier molecular flexibility index (Phi) is 4.73. The zero-order valence-corrected chi connectivity index (χ0v) is 14.9. The van der Waals surface area contributed by atoms with Crippen molar-refractivity contribution in [2.75, 3.05) is 32.8 Å². The Balaban J connectivity index is 1.40. The number of ether oxygens (including phenoxy) is 1. The zero-order valence-electron chi connectivity index (χ0n) is 14.9. The van der Waals surface area contributed by atoms with Crippen LogP contribution in [0.1, 0.15) is 30.1 Å². The van der Waals surface area contributed by atoms with Crippen LogP contribution in [0.25, 0.3) is 10.8 Å². The summed E-state index contributed by atoms with van der Waals surface area (Å²) in [6, 6.07) is 14.8. The van der Waals surface area contributed by atoms with E-state index in [-0.39, 0.29) is 5.91 Å². The maximum absolute atomic E-state index is 12.9. The highest BCUT2D eigenvalue weighted by atomic mass is 16.5. The van der Waals surface area contributed by atoms with Gasteiger partial charge < -0.3 is 9.64 Å². The van der Waals surface area contributed by atoms with Crippen LogP contribution < -0.4 is 0 Å². The number of carbonyl (C=O) groups excluding carboxylic acids is 1. The maximum atomic E-state index is 12.9. The van der Waals surface area contributed by atoms with E-state index in [1.807, 2.05) is 35.2 Å². The first-order valence-electron chi connectivity index (χ1n) is 9.34. The van der Waals surface area contributed by atoms with E-state index in [2.05, 4.69) is 24.0 Å². The van der Waals surface area contributed by atoms with Gasteiger partial charge in [-0.05, 0) is 42.7 Å². The Hall–Kier alpha value is -1.91. The first-order valence-corrected chi connectivity index (χ1v) is 9.34. The molecule has 0 bridgehead atoms. The second-order valence-electron chi connectivity index (χ2n) is 7.26. The summed E-state index contributed by atoms with van der Waals surface area (Å²) in [6.07, 6.45) is 2.45. The van der Waals surface area contributed by atoms with E-state index in [0.717, 1.165) is 56.6 Å². The quantitative estimate of drug-likeness (QED) is 0.843. The second-order valence-corrected chi connectivity index (χ2v) is 7.26. The largest absolute Gasteiger partial charge is 0.376 e. The molecule has 2 saturated heterocycles. The average molecular weight is 338 g/mol. The van der Waals surface area contributed by atoms with Crippen molar-refractivity contribution in [1.29, 1.82) is 0 Å². The lowest BCUT2D eigenvalue weighted by molar-refractivity contribution is -0.0423. The fourth-order valence-corrected chi connectivity index (χ4v) is 4.12. The van der Waals surface area contributed by atoms with E-state index in [9.17, 15) is 4.79 Å². The molecule has 2 heterocycles. The molecule has 4 heteroatoms. The van der Waals surface area contributed by atoms with Crippen molar-refractivity contribution in [3.05, 3.63) is 48.0 Å². The van der Waals surface area contributed by atoms with Gasteiger partial charge in [0.1, 0.15) is 0 Å². The summed E-state index contributed by atoms with van der Waals surface area (Å²) in [5, 5.41) is 2.31. The van der Waals surface area contributed by atoms with Crippen LogP contribution >= 0.6 is 0 Å². The lowest BCUT2D eigenvalue weighted by Crippen LogP contribution is -2.51. The molecule has 132 valence electrons. The molecular weight excluding hydrogens is 312 g/mol. The van der Waals surface area contributed by atoms with Gasteiger partial charge in [-0.1, -0.05) is 30.3 Å². The summed E-state index contributed by atoms with van der Waals surface area (Å²) in [5.74, 6) is 0.166. The molecule has 1 atom stereocenters. The SMILES string of the molecule is C[C@@H]1CN(C2CCN(C(=O)c3ccc4ccccc4c3)CC2)CCO1. The van der Waals surface area contributed by atoms with Crippen LogP contribution in [0.4, 0.5) is 0 Å².